The van der Waals surface area contributed by atoms with Crippen molar-refractivity contribution in [3.05, 3.63) is 48.0 Å². The first-order chi connectivity index (χ1) is 9.35. The minimum Gasteiger partial charge on any atom is -0.340 e. The van der Waals surface area contributed by atoms with Crippen molar-refractivity contribution in [2.24, 2.45) is 0 Å². The van der Waals surface area contributed by atoms with Crippen molar-refractivity contribution in [3.63, 3.8) is 0 Å². The van der Waals surface area contributed by atoms with Crippen LogP contribution in [0.15, 0.2) is 42.5 Å². The quantitative estimate of drug-likeness (QED) is 0.604. The number of benzene rings is 2. The zero-order valence-corrected chi connectivity index (χ0v) is 11.8. The summed E-state index contributed by atoms with van der Waals surface area (Å²) in [5, 5.41) is 2.78. The molecule has 0 saturated heterocycles. The first-order valence-corrected chi connectivity index (χ1v) is 7.35. The van der Waals surface area contributed by atoms with Gasteiger partial charge >= 0.3 is 0 Å². The van der Waals surface area contributed by atoms with Crippen LogP contribution in [-0.2, 0) is 13.0 Å². The third-order valence-corrected chi connectivity index (χ3v) is 3.82. The van der Waals surface area contributed by atoms with Crippen LogP contribution >= 0.6 is 0 Å². The minimum atomic E-state index is 1.10. The molecule has 0 N–H and O–H groups in total. The lowest BCUT2D eigenvalue weighted by Gasteiger charge is -2.06. The summed E-state index contributed by atoms with van der Waals surface area (Å²) >= 11 is 0. The van der Waals surface area contributed by atoms with E-state index >= 15 is 0 Å². The number of hydrogen-bond donors (Lipinski definition) is 0. The highest BCUT2D eigenvalue weighted by atomic mass is 15.0. The number of fused-ring (bicyclic) bond motifs is 3. The van der Waals surface area contributed by atoms with Gasteiger partial charge in [0, 0.05) is 28.4 Å². The Labute approximate surface area is 114 Å². The molecule has 98 valence electrons. The molecule has 0 amide bonds. The van der Waals surface area contributed by atoms with Crippen molar-refractivity contribution >= 4 is 21.8 Å². The number of hydrogen-bond acceptors (Lipinski definition) is 0. The molecule has 1 heterocycles. The Morgan fingerprint density at radius 2 is 1.63 bits per heavy atom. The molecule has 0 spiro atoms. The van der Waals surface area contributed by atoms with E-state index < -0.39 is 0 Å². The highest BCUT2D eigenvalue weighted by molar-refractivity contribution is 6.08. The van der Waals surface area contributed by atoms with Crippen molar-refractivity contribution < 1.29 is 0 Å². The van der Waals surface area contributed by atoms with Crippen molar-refractivity contribution in [2.75, 3.05) is 0 Å². The van der Waals surface area contributed by atoms with E-state index in [9.17, 15) is 0 Å². The van der Waals surface area contributed by atoms with Gasteiger partial charge in [0.15, 0.2) is 0 Å². The molecule has 0 aliphatic heterocycles. The van der Waals surface area contributed by atoms with Crippen molar-refractivity contribution in [2.45, 2.75) is 39.7 Å². The Morgan fingerprint density at radius 3 is 2.42 bits per heavy atom. The average molecular weight is 251 g/mol. The molecule has 19 heavy (non-hydrogen) atoms. The van der Waals surface area contributed by atoms with E-state index in [0.717, 1.165) is 6.54 Å². The smallest absolute Gasteiger partial charge is 0.0494 e. The normalized spacial score (nSPS) is 11.5. The van der Waals surface area contributed by atoms with Crippen LogP contribution in [0.3, 0.4) is 0 Å². The van der Waals surface area contributed by atoms with E-state index in [-0.39, 0.29) is 0 Å². The lowest BCUT2D eigenvalue weighted by atomic mass is 10.1. The van der Waals surface area contributed by atoms with Gasteiger partial charge in [-0.25, -0.2) is 0 Å². The predicted molar refractivity (Wildman–Crippen MR) is 83.7 cm³/mol. The molecule has 3 aromatic rings. The lowest BCUT2D eigenvalue weighted by Crippen LogP contribution is -1.96. The fraction of sp³-hybridized carbons (Fsp3) is 0.333. The molecule has 0 saturated carbocycles. The Morgan fingerprint density at radius 1 is 0.842 bits per heavy atom. The Bertz CT molecular complexity index is 706. The van der Waals surface area contributed by atoms with Crippen molar-refractivity contribution in [1.82, 2.24) is 4.57 Å². The topological polar surface area (TPSA) is 4.93 Å². The zero-order valence-electron chi connectivity index (χ0n) is 11.8. The van der Waals surface area contributed by atoms with E-state index in [1.54, 1.807) is 0 Å². The SMILES string of the molecule is CCCc1ccc2c3ccccc3n(CCC)c2c1. The maximum absolute atomic E-state index is 2.48. The summed E-state index contributed by atoms with van der Waals surface area (Å²) in [6.07, 6.45) is 3.55. The maximum Gasteiger partial charge on any atom is 0.0494 e. The summed E-state index contributed by atoms with van der Waals surface area (Å²) in [5.74, 6) is 0. The molecule has 0 bridgehead atoms. The molecule has 1 aromatic heterocycles. The number of aromatic nitrogens is 1. The van der Waals surface area contributed by atoms with E-state index in [1.807, 2.05) is 0 Å². The van der Waals surface area contributed by atoms with Crippen LogP contribution in [0.1, 0.15) is 32.3 Å². The lowest BCUT2D eigenvalue weighted by molar-refractivity contribution is 0.723. The van der Waals surface area contributed by atoms with Gasteiger partial charge in [-0.15, -0.1) is 0 Å². The number of aryl methyl sites for hydroxylation is 2. The molecule has 1 heteroatoms. The highest BCUT2D eigenvalue weighted by Crippen LogP contribution is 2.30. The molecule has 0 radical (unpaired) electrons. The molecular formula is C18H21N. The molecule has 3 rings (SSSR count). The first-order valence-electron chi connectivity index (χ1n) is 7.35. The van der Waals surface area contributed by atoms with Crippen molar-refractivity contribution in [3.8, 4) is 0 Å². The van der Waals surface area contributed by atoms with Gasteiger partial charge in [0.1, 0.15) is 0 Å². The number of para-hydroxylation sites is 1. The van der Waals surface area contributed by atoms with Crippen LogP contribution in [0.25, 0.3) is 21.8 Å². The van der Waals surface area contributed by atoms with E-state index in [4.69, 9.17) is 0 Å². The predicted octanol–water partition coefficient (Wildman–Crippen LogP) is 5.16. The van der Waals surface area contributed by atoms with E-state index in [2.05, 4.69) is 60.9 Å². The molecule has 0 aliphatic carbocycles. The van der Waals surface area contributed by atoms with E-state index in [0.29, 0.717) is 0 Å². The fourth-order valence-electron chi connectivity index (χ4n) is 3.00. The van der Waals surface area contributed by atoms with Crippen LogP contribution in [-0.4, -0.2) is 4.57 Å². The van der Waals surface area contributed by atoms with Gasteiger partial charge in [-0.3, -0.25) is 0 Å². The van der Waals surface area contributed by atoms with Gasteiger partial charge in [0.2, 0.25) is 0 Å². The van der Waals surface area contributed by atoms with Gasteiger partial charge in [-0.05, 0) is 30.5 Å². The number of rotatable bonds is 4. The second kappa shape index (κ2) is 5.08. The highest BCUT2D eigenvalue weighted by Gasteiger charge is 2.09. The van der Waals surface area contributed by atoms with Crippen molar-refractivity contribution in [1.29, 1.82) is 0 Å². The third kappa shape index (κ3) is 2.03. The molecular weight excluding hydrogens is 230 g/mol. The van der Waals surface area contributed by atoms with Crippen LogP contribution in [0.4, 0.5) is 0 Å². The summed E-state index contributed by atoms with van der Waals surface area (Å²) < 4.78 is 2.48. The van der Waals surface area contributed by atoms with Gasteiger partial charge in [-0.1, -0.05) is 50.6 Å². The summed E-state index contributed by atoms with van der Waals surface area (Å²) in [4.78, 5) is 0. The second-order valence-corrected chi connectivity index (χ2v) is 5.27. The summed E-state index contributed by atoms with van der Waals surface area (Å²) in [5.41, 5.74) is 4.22. The van der Waals surface area contributed by atoms with Crippen LogP contribution in [0.5, 0.6) is 0 Å². The Balaban J connectivity index is 2.32. The van der Waals surface area contributed by atoms with Crippen LogP contribution < -0.4 is 0 Å². The van der Waals surface area contributed by atoms with Gasteiger partial charge < -0.3 is 4.57 Å². The molecule has 2 aromatic carbocycles. The minimum absolute atomic E-state index is 1.10. The molecule has 0 atom stereocenters. The molecule has 0 unspecified atom stereocenters. The van der Waals surface area contributed by atoms with Gasteiger partial charge in [-0.2, -0.15) is 0 Å². The Kier molecular flexibility index (Phi) is 3.29. The fourth-order valence-corrected chi connectivity index (χ4v) is 3.00. The largest absolute Gasteiger partial charge is 0.340 e. The molecule has 0 aliphatic rings. The maximum atomic E-state index is 2.48. The monoisotopic (exact) mass is 251 g/mol. The van der Waals surface area contributed by atoms with Crippen LogP contribution in [0, 0.1) is 0 Å². The standard InChI is InChI=1S/C18H21N/c1-3-7-14-10-11-16-15-8-5-6-9-17(15)19(12-4-2)18(16)13-14/h5-6,8-11,13H,3-4,7,12H2,1-2H3. The molecule has 0 fully saturated rings. The van der Waals surface area contributed by atoms with E-state index in [1.165, 1.54) is 46.6 Å². The summed E-state index contributed by atoms with van der Waals surface area (Å²) in [6.45, 7) is 5.59. The van der Waals surface area contributed by atoms with Gasteiger partial charge in [0.05, 0.1) is 0 Å². The van der Waals surface area contributed by atoms with Gasteiger partial charge in [0.25, 0.3) is 0 Å². The number of nitrogens with zero attached hydrogens (tertiary/aromatic N) is 1. The molecule has 1 nitrogen and oxygen atoms in total. The van der Waals surface area contributed by atoms with Crippen LogP contribution in [0.2, 0.25) is 0 Å². The Hall–Kier alpha value is -1.76. The second-order valence-electron chi connectivity index (χ2n) is 5.27. The summed E-state index contributed by atoms with van der Waals surface area (Å²) in [7, 11) is 0. The average Bonchev–Trinajstić information content (AvgIpc) is 2.74. The summed E-state index contributed by atoms with van der Waals surface area (Å²) in [6, 6.07) is 15.7. The first kappa shape index (κ1) is 12.3. The third-order valence-electron chi connectivity index (χ3n) is 3.82. The zero-order chi connectivity index (χ0) is 13.2.